The van der Waals surface area contributed by atoms with Crippen LogP contribution in [0.3, 0.4) is 0 Å². The van der Waals surface area contributed by atoms with Gasteiger partial charge in [-0.15, -0.1) is 0 Å². The third-order valence-electron chi connectivity index (χ3n) is 4.36. The molecule has 0 unspecified atom stereocenters. The minimum absolute atomic E-state index is 0.121. The number of carbonyl (C=O) groups is 2. The average Bonchev–Trinajstić information content (AvgIpc) is 3.42. The summed E-state index contributed by atoms with van der Waals surface area (Å²) >= 11 is 0.979. The van der Waals surface area contributed by atoms with Crippen LogP contribution in [0.2, 0.25) is 0 Å². The van der Waals surface area contributed by atoms with E-state index in [-0.39, 0.29) is 27.4 Å². The number of nitrogen functional groups attached to an aromatic ring is 1. The fourth-order valence-electron chi connectivity index (χ4n) is 2.68. The summed E-state index contributed by atoms with van der Waals surface area (Å²) in [5.74, 6) is -0.728. The summed E-state index contributed by atoms with van der Waals surface area (Å²) in [6, 6.07) is 5.83. The van der Waals surface area contributed by atoms with Gasteiger partial charge in [-0.1, -0.05) is 11.3 Å². The fraction of sp³-hybridized carbons (Fsp3) is 0.200. The van der Waals surface area contributed by atoms with E-state index >= 15 is 0 Å². The Labute approximate surface area is 175 Å². The van der Waals surface area contributed by atoms with Crippen LogP contribution in [0.15, 0.2) is 36.7 Å². The van der Waals surface area contributed by atoms with Crippen LogP contribution >= 0.6 is 11.3 Å². The van der Waals surface area contributed by atoms with Gasteiger partial charge in [0.25, 0.3) is 11.8 Å². The van der Waals surface area contributed by atoms with Crippen molar-refractivity contribution in [3.8, 4) is 5.75 Å². The first-order valence-electron chi connectivity index (χ1n) is 9.16. The van der Waals surface area contributed by atoms with E-state index in [4.69, 9.17) is 10.5 Å². The minimum Gasteiger partial charge on any atom is -0.489 e. The summed E-state index contributed by atoms with van der Waals surface area (Å²) in [6.07, 6.45) is 5.17. The monoisotopic (exact) mass is 427 g/mol. The molecule has 2 aromatic heterocycles. The molecule has 0 aliphatic heterocycles. The molecule has 0 bridgehead atoms. The van der Waals surface area contributed by atoms with Gasteiger partial charge in [0.05, 0.1) is 24.2 Å². The van der Waals surface area contributed by atoms with Crippen molar-refractivity contribution in [1.82, 2.24) is 9.97 Å². The lowest BCUT2D eigenvalue weighted by Crippen LogP contribution is -2.17. The van der Waals surface area contributed by atoms with E-state index in [0.29, 0.717) is 17.1 Å². The molecule has 0 atom stereocenters. The van der Waals surface area contributed by atoms with Crippen LogP contribution in [-0.4, -0.2) is 27.9 Å². The van der Waals surface area contributed by atoms with Gasteiger partial charge in [-0.3, -0.25) is 9.59 Å². The molecule has 1 fully saturated rings. The van der Waals surface area contributed by atoms with Crippen molar-refractivity contribution in [2.24, 2.45) is 0 Å². The Balaban J connectivity index is 1.49. The third kappa shape index (κ3) is 4.54. The van der Waals surface area contributed by atoms with E-state index < -0.39 is 17.6 Å². The topological polar surface area (TPSA) is 119 Å². The Kier molecular flexibility index (Phi) is 5.32. The predicted molar refractivity (Wildman–Crippen MR) is 111 cm³/mol. The zero-order chi connectivity index (χ0) is 21.3. The van der Waals surface area contributed by atoms with Crippen molar-refractivity contribution < 1.29 is 18.7 Å². The molecule has 154 valence electrons. The molecule has 1 aliphatic carbocycles. The van der Waals surface area contributed by atoms with Crippen molar-refractivity contribution in [1.29, 1.82) is 0 Å². The van der Waals surface area contributed by atoms with E-state index in [9.17, 15) is 14.0 Å². The molecule has 0 saturated heterocycles. The second-order valence-electron chi connectivity index (χ2n) is 6.81. The zero-order valence-electron chi connectivity index (χ0n) is 15.9. The average molecular weight is 427 g/mol. The molecule has 1 saturated carbocycles. The summed E-state index contributed by atoms with van der Waals surface area (Å²) in [6.45, 7) is 1.60. The van der Waals surface area contributed by atoms with E-state index in [1.165, 1.54) is 24.5 Å². The lowest BCUT2D eigenvalue weighted by Gasteiger charge is -2.12. The molecular formula is C20H18FN5O3S. The van der Waals surface area contributed by atoms with Crippen molar-refractivity contribution in [3.05, 3.63) is 58.5 Å². The maximum absolute atomic E-state index is 14.3. The summed E-state index contributed by atoms with van der Waals surface area (Å²) in [4.78, 5) is 33.1. The Morgan fingerprint density at radius 2 is 1.97 bits per heavy atom. The van der Waals surface area contributed by atoms with Gasteiger partial charge in [-0.05, 0) is 49.6 Å². The van der Waals surface area contributed by atoms with Crippen LogP contribution in [0.5, 0.6) is 5.75 Å². The number of aromatic nitrogens is 2. The number of halogens is 1. The second-order valence-corrected chi connectivity index (χ2v) is 7.88. The normalized spacial score (nSPS) is 13.0. The third-order valence-corrected chi connectivity index (χ3v) is 5.18. The minimum atomic E-state index is -0.658. The highest BCUT2D eigenvalue weighted by atomic mass is 32.1. The molecule has 0 radical (unpaired) electrons. The predicted octanol–water partition coefficient (Wildman–Crippen LogP) is 3.61. The Morgan fingerprint density at radius 3 is 2.60 bits per heavy atom. The highest BCUT2D eigenvalue weighted by Gasteiger charge is 2.23. The SMILES string of the molecule is Cc1cc(F)c(NC(=O)c2cnc(N)s2)cc1C(=O)Nc1ccc(OC2CC2)cn1. The number of hydrogen-bond donors (Lipinski definition) is 3. The number of rotatable bonds is 6. The van der Waals surface area contributed by atoms with Gasteiger partial charge in [0.15, 0.2) is 5.13 Å². The van der Waals surface area contributed by atoms with Crippen LogP contribution in [0.25, 0.3) is 0 Å². The van der Waals surface area contributed by atoms with Crippen LogP contribution in [0, 0.1) is 12.7 Å². The number of thiazole rings is 1. The highest BCUT2D eigenvalue weighted by molar-refractivity contribution is 7.17. The smallest absolute Gasteiger partial charge is 0.267 e. The highest BCUT2D eigenvalue weighted by Crippen LogP contribution is 2.27. The second kappa shape index (κ2) is 8.07. The zero-order valence-corrected chi connectivity index (χ0v) is 16.8. The molecular weight excluding hydrogens is 409 g/mol. The van der Waals surface area contributed by atoms with Gasteiger partial charge in [0.1, 0.15) is 22.3 Å². The molecule has 2 amide bonds. The largest absolute Gasteiger partial charge is 0.489 e. The summed E-state index contributed by atoms with van der Waals surface area (Å²) < 4.78 is 20.0. The number of nitrogens with one attached hydrogen (secondary N) is 2. The number of nitrogens with two attached hydrogens (primary N) is 1. The maximum Gasteiger partial charge on any atom is 0.267 e. The van der Waals surface area contributed by atoms with Crippen molar-refractivity contribution in [3.63, 3.8) is 0 Å². The lowest BCUT2D eigenvalue weighted by atomic mass is 10.1. The Hall–Kier alpha value is -3.53. The molecule has 3 aromatic rings. The number of hydrogen-bond acceptors (Lipinski definition) is 7. The van der Waals surface area contributed by atoms with Crippen LogP contribution in [0.1, 0.15) is 38.4 Å². The van der Waals surface area contributed by atoms with Gasteiger partial charge in [-0.2, -0.15) is 0 Å². The van der Waals surface area contributed by atoms with Crippen LogP contribution < -0.4 is 21.1 Å². The Bertz CT molecular complexity index is 1110. The molecule has 4 rings (SSSR count). The first kappa shape index (κ1) is 19.8. The van der Waals surface area contributed by atoms with Crippen molar-refractivity contribution in [2.75, 3.05) is 16.4 Å². The van der Waals surface area contributed by atoms with Gasteiger partial charge in [-0.25, -0.2) is 14.4 Å². The maximum atomic E-state index is 14.3. The number of nitrogens with zero attached hydrogens (tertiary/aromatic N) is 2. The molecule has 0 spiro atoms. The van der Waals surface area contributed by atoms with Gasteiger partial charge in [0.2, 0.25) is 0 Å². The first-order chi connectivity index (χ1) is 14.4. The number of benzene rings is 1. The van der Waals surface area contributed by atoms with Gasteiger partial charge in [0, 0.05) is 5.56 Å². The van der Waals surface area contributed by atoms with E-state index in [0.717, 1.165) is 24.2 Å². The molecule has 8 nitrogen and oxygen atoms in total. The number of carbonyl (C=O) groups excluding carboxylic acids is 2. The fourth-order valence-corrected chi connectivity index (χ4v) is 3.26. The summed E-state index contributed by atoms with van der Waals surface area (Å²) in [5.41, 5.74) is 6.02. The molecule has 2 heterocycles. The van der Waals surface area contributed by atoms with Crippen molar-refractivity contribution in [2.45, 2.75) is 25.9 Å². The molecule has 1 aromatic carbocycles. The van der Waals surface area contributed by atoms with Crippen molar-refractivity contribution >= 4 is 39.8 Å². The Morgan fingerprint density at radius 1 is 1.17 bits per heavy atom. The number of ether oxygens (including phenoxy) is 1. The van der Waals surface area contributed by atoms with Crippen LogP contribution in [0.4, 0.5) is 21.0 Å². The molecule has 4 N–H and O–H groups in total. The number of aryl methyl sites for hydroxylation is 1. The summed E-state index contributed by atoms with van der Waals surface area (Å²) in [5, 5.41) is 5.34. The number of anilines is 3. The van der Waals surface area contributed by atoms with Crippen LogP contribution in [-0.2, 0) is 0 Å². The van der Waals surface area contributed by atoms with E-state index in [1.807, 2.05) is 0 Å². The molecule has 10 heteroatoms. The lowest BCUT2D eigenvalue weighted by molar-refractivity contribution is 0.101. The standard InChI is InChI=1S/C20H18FN5O3S/c1-10-6-14(21)15(25-19(28)16-9-24-20(22)30-16)7-13(10)18(27)26-17-5-4-12(8-23-17)29-11-2-3-11/h4-9,11H,2-3H2,1H3,(H2,22,24)(H,25,28)(H,23,26,27). The quantitative estimate of drug-likeness (QED) is 0.553. The van der Waals surface area contributed by atoms with Gasteiger partial charge >= 0.3 is 0 Å². The number of amides is 2. The van der Waals surface area contributed by atoms with Gasteiger partial charge < -0.3 is 21.1 Å². The number of pyridine rings is 1. The molecule has 1 aliphatic rings. The summed E-state index contributed by atoms with van der Waals surface area (Å²) in [7, 11) is 0. The van der Waals surface area contributed by atoms with E-state index in [2.05, 4.69) is 20.6 Å². The molecule has 30 heavy (non-hydrogen) atoms. The first-order valence-corrected chi connectivity index (χ1v) is 9.97. The van der Waals surface area contributed by atoms with E-state index in [1.54, 1.807) is 19.1 Å².